The Labute approximate surface area is 174 Å². The number of hydrogen-bond acceptors (Lipinski definition) is 4. The van der Waals surface area contributed by atoms with Gasteiger partial charge < -0.3 is 9.64 Å². The molecule has 1 saturated carbocycles. The normalized spacial score (nSPS) is 24.0. The molecule has 2 aliphatic rings. The van der Waals surface area contributed by atoms with E-state index in [1.807, 2.05) is 4.90 Å². The van der Waals surface area contributed by atoms with Crippen LogP contribution in [0.2, 0.25) is 5.02 Å². The first-order valence-corrected chi connectivity index (χ1v) is 10.4. The summed E-state index contributed by atoms with van der Waals surface area (Å²) in [6, 6.07) is 1.32. The van der Waals surface area contributed by atoms with Crippen LogP contribution in [0.25, 0.3) is 0 Å². The first-order valence-electron chi connectivity index (χ1n) is 10.1. The van der Waals surface area contributed by atoms with Gasteiger partial charge in [0, 0.05) is 44.3 Å². The quantitative estimate of drug-likeness (QED) is 0.712. The van der Waals surface area contributed by atoms with Crippen LogP contribution in [0.15, 0.2) is 12.3 Å². The molecule has 1 aliphatic carbocycles. The lowest BCUT2D eigenvalue weighted by atomic mass is 9.86. The molecule has 0 aromatic carbocycles. The molecular formula is C20H27ClF3N3O2. The molecule has 162 valence electrons. The van der Waals surface area contributed by atoms with Gasteiger partial charge in [0.25, 0.3) is 0 Å². The summed E-state index contributed by atoms with van der Waals surface area (Å²) in [5.41, 5.74) is -0.901. The summed E-state index contributed by atoms with van der Waals surface area (Å²) in [6.07, 6.45) is -1.25. The Hall–Kier alpha value is -1.54. The molecule has 0 atom stereocenters. The molecule has 1 aliphatic heterocycles. The van der Waals surface area contributed by atoms with Gasteiger partial charge in [-0.25, -0.2) is 4.98 Å². The van der Waals surface area contributed by atoms with Gasteiger partial charge in [0.1, 0.15) is 11.1 Å². The maximum atomic E-state index is 12.8. The van der Waals surface area contributed by atoms with Crippen molar-refractivity contribution in [3.05, 3.63) is 22.8 Å². The molecule has 0 N–H and O–H groups in total. The number of amides is 1. The zero-order chi connectivity index (χ0) is 21.2. The molecule has 1 aromatic heterocycles. The fourth-order valence-electron chi connectivity index (χ4n) is 3.97. The zero-order valence-corrected chi connectivity index (χ0v) is 17.5. The van der Waals surface area contributed by atoms with Gasteiger partial charge in [-0.15, -0.1) is 0 Å². The second-order valence-electron chi connectivity index (χ2n) is 8.06. The summed E-state index contributed by atoms with van der Waals surface area (Å²) in [4.78, 5) is 20.9. The lowest BCUT2D eigenvalue weighted by Crippen LogP contribution is -2.52. The van der Waals surface area contributed by atoms with E-state index < -0.39 is 11.7 Å². The van der Waals surface area contributed by atoms with Gasteiger partial charge in [0.05, 0.1) is 5.56 Å². The predicted molar refractivity (Wildman–Crippen MR) is 104 cm³/mol. The van der Waals surface area contributed by atoms with Crippen LogP contribution in [-0.4, -0.2) is 59.0 Å². The average molecular weight is 434 g/mol. The molecule has 0 bridgehead atoms. The summed E-state index contributed by atoms with van der Waals surface area (Å²) in [6.45, 7) is 7.66. The van der Waals surface area contributed by atoms with E-state index in [-0.39, 0.29) is 28.8 Å². The topological polar surface area (TPSA) is 45.7 Å². The number of halogens is 4. The van der Waals surface area contributed by atoms with E-state index in [9.17, 15) is 18.0 Å². The van der Waals surface area contributed by atoms with Gasteiger partial charge in [-0.2, -0.15) is 13.2 Å². The van der Waals surface area contributed by atoms with Gasteiger partial charge in [0.2, 0.25) is 11.8 Å². The van der Waals surface area contributed by atoms with Crippen molar-refractivity contribution < 1.29 is 22.7 Å². The number of carbonyl (C=O) groups excluding carboxylic acids is 1. The molecule has 9 heteroatoms. The van der Waals surface area contributed by atoms with E-state index >= 15 is 0 Å². The first kappa shape index (κ1) is 22.2. The van der Waals surface area contributed by atoms with Crippen molar-refractivity contribution in [2.75, 3.05) is 26.2 Å². The van der Waals surface area contributed by atoms with Crippen molar-refractivity contribution in [1.82, 2.24) is 14.8 Å². The smallest absolute Gasteiger partial charge is 0.417 e. The highest BCUT2D eigenvalue weighted by Gasteiger charge is 2.34. The summed E-state index contributed by atoms with van der Waals surface area (Å²) >= 11 is 5.92. The third-order valence-corrected chi connectivity index (χ3v) is 6.06. The van der Waals surface area contributed by atoms with E-state index in [1.54, 1.807) is 0 Å². The van der Waals surface area contributed by atoms with Crippen molar-refractivity contribution in [3.8, 4) is 5.88 Å². The number of hydrogen-bond donors (Lipinski definition) is 0. The molecule has 2 fully saturated rings. The van der Waals surface area contributed by atoms with Crippen molar-refractivity contribution in [1.29, 1.82) is 0 Å². The Kier molecular flexibility index (Phi) is 6.94. The molecule has 1 saturated heterocycles. The van der Waals surface area contributed by atoms with Gasteiger partial charge in [0.15, 0.2) is 0 Å². The Morgan fingerprint density at radius 2 is 1.79 bits per heavy atom. The fourth-order valence-corrected chi connectivity index (χ4v) is 4.18. The highest BCUT2D eigenvalue weighted by Crippen LogP contribution is 2.35. The van der Waals surface area contributed by atoms with E-state index in [0.29, 0.717) is 31.7 Å². The number of rotatable bonds is 4. The number of piperazine rings is 1. The van der Waals surface area contributed by atoms with E-state index in [4.69, 9.17) is 16.3 Å². The molecule has 5 nitrogen and oxygen atoms in total. The lowest BCUT2D eigenvalue weighted by molar-refractivity contribution is -0.139. The molecule has 2 heterocycles. The second-order valence-corrected chi connectivity index (χ2v) is 8.46. The number of carbonyl (C=O) groups is 1. The van der Waals surface area contributed by atoms with Gasteiger partial charge in [-0.05, 0) is 45.6 Å². The summed E-state index contributed by atoms with van der Waals surface area (Å²) < 4.78 is 43.9. The fraction of sp³-hybridized carbons (Fsp3) is 0.700. The van der Waals surface area contributed by atoms with Crippen LogP contribution >= 0.6 is 11.6 Å². The highest BCUT2D eigenvalue weighted by molar-refractivity contribution is 6.31. The van der Waals surface area contributed by atoms with Gasteiger partial charge in [-0.1, -0.05) is 11.6 Å². The van der Waals surface area contributed by atoms with Crippen molar-refractivity contribution >= 4 is 17.5 Å². The van der Waals surface area contributed by atoms with Crippen molar-refractivity contribution in [2.45, 2.75) is 57.9 Å². The molecule has 1 amide bonds. The largest absolute Gasteiger partial charge is 0.473 e. The minimum absolute atomic E-state index is 0.0132. The first-order chi connectivity index (χ1) is 13.6. The predicted octanol–water partition coefficient (Wildman–Crippen LogP) is 4.24. The van der Waals surface area contributed by atoms with Crippen molar-refractivity contribution in [2.24, 2.45) is 5.92 Å². The standard InChI is InChI=1S/C20H27ClF3N3O2/c1-13(2)26-7-9-27(10-8-26)19(28)14-3-5-16(6-4-14)29-18-17(21)11-15(12-25-18)20(22,23)24/h11-14,16H,3-10H2,1-2H3. The number of nitrogens with zero attached hydrogens (tertiary/aromatic N) is 3. The van der Waals surface area contributed by atoms with Crippen LogP contribution in [-0.2, 0) is 11.0 Å². The van der Waals surface area contributed by atoms with Crippen LogP contribution in [0.3, 0.4) is 0 Å². The van der Waals surface area contributed by atoms with Crippen LogP contribution in [0.5, 0.6) is 5.88 Å². The Morgan fingerprint density at radius 1 is 1.17 bits per heavy atom. The van der Waals surface area contributed by atoms with Crippen LogP contribution < -0.4 is 4.74 Å². The molecule has 3 rings (SSSR count). The Bertz CT molecular complexity index is 713. The van der Waals surface area contributed by atoms with Gasteiger partial charge in [-0.3, -0.25) is 9.69 Å². The number of pyridine rings is 1. The minimum Gasteiger partial charge on any atom is -0.473 e. The molecular weight excluding hydrogens is 407 g/mol. The van der Waals surface area contributed by atoms with Crippen molar-refractivity contribution in [3.63, 3.8) is 0 Å². The Morgan fingerprint density at radius 3 is 2.31 bits per heavy atom. The molecule has 29 heavy (non-hydrogen) atoms. The molecule has 0 radical (unpaired) electrons. The van der Waals surface area contributed by atoms with E-state index in [0.717, 1.165) is 38.4 Å². The van der Waals surface area contributed by atoms with Crippen LogP contribution in [0.1, 0.15) is 45.1 Å². The third-order valence-electron chi connectivity index (χ3n) is 5.79. The monoisotopic (exact) mass is 433 g/mol. The number of aromatic nitrogens is 1. The third kappa shape index (κ3) is 5.54. The highest BCUT2D eigenvalue weighted by atomic mass is 35.5. The van der Waals surface area contributed by atoms with Crippen LogP contribution in [0, 0.1) is 5.92 Å². The number of ether oxygens (including phenoxy) is 1. The maximum absolute atomic E-state index is 12.8. The second kappa shape index (κ2) is 9.08. The SMILES string of the molecule is CC(C)N1CCN(C(=O)C2CCC(Oc3ncc(C(F)(F)F)cc3Cl)CC2)CC1. The number of alkyl halides is 3. The van der Waals surface area contributed by atoms with E-state index in [2.05, 4.69) is 23.7 Å². The Balaban J connectivity index is 1.49. The maximum Gasteiger partial charge on any atom is 0.417 e. The van der Waals surface area contributed by atoms with E-state index in [1.165, 1.54) is 0 Å². The van der Waals surface area contributed by atoms with Crippen LogP contribution in [0.4, 0.5) is 13.2 Å². The molecule has 0 spiro atoms. The zero-order valence-electron chi connectivity index (χ0n) is 16.7. The lowest BCUT2D eigenvalue weighted by Gasteiger charge is -2.39. The summed E-state index contributed by atoms with van der Waals surface area (Å²) in [5, 5.41) is -0.152. The molecule has 1 aromatic rings. The van der Waals surface area contributed by atoms with Gasteiger partial charge >= 0.3 is 6.18 Å². The average Bonchev–Trinajstić information content (AvgIpc) is 2.69. The minimum atomic E-state index is -4.49. The summed E-state index contributed by atoms with van der Waals surface area (Å²) in [7, 11) is 0. The molecule has 0 unspecified atom stereocenters. The summed E-state index contributed by atoms with van der Waals surface area (Å²) in [5.74, 6) is 0.202.